The van der Waals surface area contributed by atoms with E-state index in [9.17, 15) is 0 Å². The molecule has 0 spiro atoms. The van der Waals surface area contributed by atoms with Crippen LogP contribution in [0.5, 0.6) is 0 Å². The fourth-order valence-electron chi connectivity index (χ4n) is 0.755. The van der Waals surface area contributed by atoms with Gasteiger partial charge in [-0.05, 0) is 59.7 Å². The molecule has 0 bridgehead atoms. The molecular weight excluding hydrogens is 258 g/mol. The van der Waals surface area contributed by atoms with E-state index in [1.54, 1.807) is 0 Å². The number of hydrogen-bond donors (Lipinski definition) is 0. The lowest BCUT2D eigenvalue weighted by atomic mass is 10.1. The molecule has 0 aliphatic carbocycles. The molecule has 0 atom stereocenters. The van der Waals surface area contributed by atoms with Crippen molar-refractivity contribution in [1.29, 1.82) is 0 Å². The first-order valence-electron chi connectivity index (χ1n) is 3.04. The Morgan fingerprint density at radius 1 is 1.20 bits per heavy atom. The van der Waals surface area contributed by atoms with Gasteiger partial charge in [-0.15, -0.1) is 0 Å². The van der Waals surface area contributed by atoms with Crippen molar-refractivity contribution < 1.29 is 0 Å². The zero-order valence-corrected chi connectivity index (χ0v) is 8.82. The van der Waals surface area contributed by atoms with E-state index in [0.29, 0.717) is 0 Å². The fourth-order valence-corrected chi connectivity index (χ4v) is 1.54. The summed E-state index contributed by atoms with van der Waals surface area (Å²) in [6.45, 7) is 4.13. The van der Waals surface area contributed by atoms with Crippen LogP contribution >= 0.6 is 34.2 Å². The minimum Gasteiger partial charge on any atom is -0.0840 e. The molecule has 0 radical (unpaired) electrons. The van der Waals surface area contributed by atoms with Crippen LogP contribution < -0.4 is 0 Å². The fraction of sp³-hybridized carbons (Fsp3) is 0.250. The number of benzene rings is 1. The zero-order valence-electron chi connectivity index (χ0n) is 5.91. The van der Waals surface area contributed by atoms with Crippen molar-refractivity contribution in [2.24, 2.45) is 0 Å². The highest BCUT2D eigenvalue weighted by atomic mass is 127. The zero-order chi connectivity index (χ0) is 7.72. The van der Waals surface area contributed by atoms with E-state index < -0.39 is 0 Å². The average Bonchev–Trinajstić information content (AvgIpc) is 1.93. The molecule has 0 nitrogen and oxygen atoms in total. The van der Waals surface area contributed by atoms with Crippen LogP contribution in [0, 0.1) is 17.4 Å². The van der Waals surface area contributed by atoms with Crippen molar-refractivity contribution in [3.05, 3.63) is 31.9 Å². The Morgan fingerprint density at radius 2 is 1.80 bits per heavy atom. The predicted molar refractivity (Wildman–Crippen MR) is 53.6 cm³/mol. The minimum absolute atomic E-state index is 0.859. The first kappa shape index (κ1) is 8.34. The molecule has 0 aromatic heterocycles. The van der Waals surface area contributed by atoms with Crippen molar-refractivity contribution in [1.82, 2.24) is 0 Å². The third kappa shape index (κ3) is 1.45. The largest absolute Gasteiger partial charge is 0.0840 e. The highest BCUT2D eigenvalue weighted by Gasteiger charge is 2.00. The van der Waals surface area contributed by atoms with E-state index in [0.717, 1.165) is 5.02 Å². The quantitative estimate of drug-likeness (QED) is 0.630. The molecule has 0 aliphatic rings. The van der Waals surface area contributed by atoms with E-state index in [-0.39, 0.29) is 0 Å². The summed E-state index contributed by atoms with van der Waals surface area (Å²) >= 11 is 8.19. The second-order valence-electron chi connectivity index (χ2n) is 2.28. The maximum absolute atomic E-state index is 5.88. The molecule has 54 valence electrons. The Hall–Kier alpha value is 0.240. The highest BCUT2D eigenvalue weighted by molar-refractivity contribution is 14.1. The maximum Gasteiger partial charge on any atom is 0.0438 e. The topological polar surface area (TPSA) is 0 Å². The van der Waals surface area contributed by atoms with Crippen LogP contribution in [-0.4, -0.2) is 0 Å². The Kier molecular flexibility index (Phi) is 2.58. The Labute approximate surface area is 79.7 Å². The predicted octanol–water partition coefficient (Wildman–Crippen LogP) is 3.56. The number of hydrogen-bond acceptors (Lipinski definition) is 0. The highest BCUT2D eigenvalue weighted by Crippen LogP contribution is 2.22. The Morgan fingerprint density at radius 3 is 2.30 bits per heavy atom. The van der Waals surface area contributed by atoms with Gasteiger partial charge in [0.15, 0.2) is 0 Å². The SMILES string of the molecule is Cc1c(Cl)ccc(I)c1C. The van der Waals surface area contributed by atoms with E-state index in [1.807, 2.05) is 19.1 Å². The van der Waals surface area contributed by atoms with Gasteiger partial charge in [-0.2, -0.15) is 0 Å². The van der Waals surface area contributed by atoms with Gasteiger partial charge in [0.05, 0.1) is 0 Å². The third-order valence-electron chi connectivity index (χ3n) is 1.65. The molecule has 0 saturated carbocycles. The first-order valence-corrected chi connectivity index (χ1v) is 4.50. The van der Waals surface area contributed by atoms with Gasteiger partial charge in [0, 0.05) is 8.59 Å². The van der Waals surface area contributed by atoms with Gasteiger partial charge in [-0.1, -0.05) is 11.6 Å². The van der Waals surface area contributed by atoms with E-state index in [1.165, 1.54) is 14.7 Å². The van der Waals surface area contributed by atoms with Crippen LogP contribution in [0.4, 0.5) is 0 Å². The van der Waals surface area contributed by atoms with Crippen LogP contribution in [0.25, 0.3) is 0 Å². The molecule has 1 rings (SSSR count). The molecule has 0 amide bonds. The number of halogens is 2. The summed E-state index contributed by atoms with van der Waals surface area (Å²) in [6, 6.07) is 3.97. The summed E-state index contributed by atoms with van der Waals surface area (Å²) in [4.78, 5) is 0. The van der Waals surface area contributed by atoms with Crippen LogP contribution in [0.15, 0.2) is 12.1 Å². The van der Waals surface area contributed by atoms with Crippen LogP contribution in [-0.2, 0) is 0 Å². The molecule has 10 heavy (non-hydrogen) atoms. The third-order valence-corrected chi connectivity index (χ3v) is 3.23. The standard InChI is InChI=1S/C8H8ClI/c1-5-6(2)8(10)4-3-7(5)9/h3-4H,1-2H3. The Bertz CT molecular complexity index is 229. The summed E-state index contributed by atoms with van der Waals surface area (Å²) in [5, 5.41) is 0.859. The molecule has 0 N–H and O–H groups in total. The van der Waals surface area contributed by atoms with Gasteiger partial charge in [0.1, 0.15) is 0 Å². The number of rotatable bonds is 0. The summed E-state index contributed by atoms with van der Waals surface area (Å²) in [5.74, 6) is 0. The van der Waals surface area contributed by atoms with Crippen molar-refractivity contribution in [2.75, 3.05) is 0 Å². The van der Waals surface area contributed by atoms with E-state index in [2.05, 4.69) is 29.5 Å². The van der Waals surface area contributed by atoms with Gasteiger partial charge in [-0.3, -0.25) is 0 Å². The average molecular weight is 267 g/mol. The lowest BCUT2D eigenvalue weighted by molar-refractivity contribution is 1.31. The van der Waals surface area contributed by atoms with Gasteiger partial charge in [0.2, 0.25) is 0 Å². The van der Waals surface area contributed by atoms with Gasteiger partial charge in [0.25, 0.3) is 0 Å². The maximum atomic E-state index is 5.88. The molecule has 2 heteroatoms. The minimum atomic E-state index is 0.859. The Balaban J connectivity index is 3.34. The molecule has 0 unspecified atom stereocenters. The van der Waals surface area contributed by atoms with E-state index in [4.69, 9.17) is 11.6 Å². The van der Waals surface area contributed by atoms with E-state index >= 15 is 0 Å². The molecule has 1 aromatic carbocycles. The van der Waals surface area contributed by atoms with Crippen molar-refractivity contribution in [3.8, 4) is 0 Å². The van der Waals surface area contributed by atoms with Gasteiger partial charge >= 0.3 is 0 Å². The van der Waals surface area contributed by atoms with Crippen molar-refractivity contribution in [2.45, 2.75) is 13.8 Å². The molecule has 0 aliphatic heterocycles. The lowest BCUT2D eigenvalue weighted by Crippen LogP contribution is -1.85. The molecule has 1 aromatic rings. The smallest absolute Gasteiger partial charge is 0.0438 e. The molecular formula is C8H8ClI. The van der Waals surface area contributed by atoms with Gasteiger partial charge in [-0.25, -0.2) is 0 Å². The van der Waals surface area contributed by atoms with Crippen molar-refractivity contribution in [3.63, 3.8) is 0 Å². The monoisotopic (exact) mass is 266 g/mol. The van der Waals surface area contributed by atoms with Crippen LogP contribution in [0.1, 0.15) is 11.1 Å². The molecule has 0 saturated heterocycles. The summed E-state index contributed by atoms with van der Waals surface area (Å²) < 4.78 is 1.28. The summed E-state index contributed by atoms with van der Waals surface area (Å²) in [5.41, 5.74) is 2.47. The van der Waals surface area contributed by atoms with Gasteiger partial charge < -0.3 is 0 Å². The first-order chi connectivity index (χ1) is 4.63. The summed E-state index contributed by atoms with van der Waals surface area (Å²) in [7, 11) is 0. The lowest BCUT2D eigenvalue weighted by Gasteiger charge is -2.03. The van der Waals surface area contributed by atoms with Crippen LogP contribution in [0.2, 0.25) is 5.02 Å². The second kappa shape index (κ2) is 3.09. The summed E-state index contributed by atoms with van der Waals surface area (Å²) in [6.07, 6.45) is 0. The molecule has 0 heterocycles. The molecule has 0 fully saturated rings. The normalized spacial score (nSPS) is 10.0. The van der Waals surface area contributed by atoms with Crippen LogP contribution in [0.3, 0.4) is 0 Å². The van der Waals surface area contributed by atoms with Crippen molar-refractivity contribution >= 4 is 34.2 Å². The second-order valence-corrected chi connectivity index (χ2v) is 3.85.